The molecule has 2 amide bonds. The Bertz CT molecular complexity index is 802. The number of halogens is 2. The summed E-state index contributed by atoms with van der Waals surface area (Å²) >= 11 is 13.6. The predicted octanol–water partition coefficient (Wildman–Crippen LogP) is 5.03. The Morgan fingerprint density at radius 1 is 1.07 bits per heavy atom. The summed E-state index contributed by atoms with van der Waals surface area (Å²) in [7, 11) is 0. The largest absolute Gasteiger partial charge is 0.355 e. The van der Waals surface area contributed by atoms with Gasteiger partial charge >= 0.3 is 0 Å². The Kier molecular flexibility index (Phi) is 9.16. The number of hydrogen-bond donors (Lipinski definition) is 1. The van der Waals surface area contributed by atoms with E-state index in [9.17, 15) is 9.59 Å². The number of nitrogens with zero attached hydrogens (tertiary/aromatic N) is 1. The number of likely N-dealkylation sites (N-methyl/N-ethyl adjacent to an activating group) is 1. The molecule has 0 spiro atoms. The molecule has 4 nitrogen and oxygen atoms in total. The third-order valence-corrected chi connectivity index (χ3v) is 5.92. The molecule has 0 heterocycles. The molecule has 0 aliphatic heterocycles. The van der Waals surface area contributed by atoms with Gasteiger partial charge in [0.25, 0.3) is 0 Å². The summed E-state index contributed by atoms with van der Waals surface area (Å²) in [6.07, 6.45) is 0.523. The van der Waals surface area contributed by atoms with Gasteiger partial charge in [0.2, 0.25) is 11.8 Å². The molecule has 0 aliphatic carbocycles. The molecule has 0 aromatic heterocycles. The van der Waals surface area contributed by atoms with Crippen molar-refractivity contribution in [2.45, 2.75) is 37.8 Å². The van der Waals surface area contributed by atoms with Crippen LogP contribution in [0, 0.1) is 0 Å². The van der Waals surface area contributed by atoms with E-state index in [2.05, 4.69) is 5.32 Å². The van der Waals surface area contributed by atoms with E-state index in [0.29, 0.717) is 29.6 Å². The summed E-state index contributed by atoms with van der Waals surface area (Å²) < 4.78 is 0. The molecule has 2 aromatic carbocycles. The van der Waals surface area contributed by atoms with Crippen LogP contribution < -0.4 is 5.32 Å². The van der Waals surface area contributed by atoms with Gasteiger partial charge in [-0.25, -0.2) is 0 Å². The summed E-state index contributed by atoms with van der Waals surface area (Å²) in [4.78, 5) is 28.2. The first-order chi connectivity index (χ1) is 13.5. The lowest BCUT2D eigenvalue weighted by Crippen LogP contribution is -2.49. The number of benzene rings is 2. The Morgan fingerprint density at radius 2 is 1.79 bits per heavy atom. The molecule has 0 saturated carbocycles. The minimum absolute atomic E-state index is 0.0990. The number of nitrogens with one attached hydrogen (secondary N) is 1. The summed E-state index contributed by atoms with van der Waals surface area (Å²) in [5, 5.41) is 3.71. The zero-order valence-electron chi connectivity index (χ0n) is 16.0. The zero-order chi connectivity index (χ0) is 20.5. The van der Waals surface area contributed by atoms with Crippen molar-refractivity contribution in [3.63, 3.8) is 0 Å². The van der Waals surface area contributed by atoms with Gasteiger partial charge < -0.3 is 10.2 Å². The second-order valence-electron chi connectivity index (χ2n) is 6.19. The first-order valence-electron chi connectivity index (χ1n) is 9.15. The standard InChI is InChI=1S/C21H24Cl2N2O2S/c1-3-19(21(27)24-4-2)25(13-15-10-11-17(22)18(23)12-15)20(26)14-28-16-8-6-5-7-9-16/h5-12,19H,3-4,13-14H2,1-2H3,(H,24,27)/t19-/m0/s1. The number of thioether (sulfide) groups is 1. The van der Waals surface area contributed by atoms with E-state index in [0.717, 1.165) is 10.5 Å². The van der Waals surface area contributed by atoms with Gasteiger partial charge in [0.1, 0.15) is 6.04 Å². The summed E-state index contributed by atoms with van der Waals surface area (Å²) in [5.41, 5.74) is 0.829. The highest BCUT2D eigenvalue weighted by Crippen LogP contribution is 2.25. The Labute approximate surface area is 180 Å². The van der Waals surface area contributed by atoms with Gasteiger partial charge in [-0.15, -0.1) is 11.8 Å². The number of hydrogen-bond acceptors (Lipinski definition) is 3. The van der Waals surface area contributed by atoms with E-state index < -0.39 is 6.04 Å². The smallest absolute Gasteiger partial charge is 0.242 e. The fourth-order valence-electron chi connectivity index (χ4n) is 2.79. The molecular weight excluding hydrogens is 415 g/mol. The maximum Gasteiger partial charge on any atom is 0.242 e. The van der Waals surface area contributed by atoms with Crippen LogP contribution in [0.1, 0.15) is 25.8 Å². The van der Waals surface area contributed by atoms with Gasteiger partial charge in [0.05, 0.1) is 15.8 Å². The highest BCUT2D eigenvalue weighted by molar-refractivity contribution is 8.00. The van der Waals surface area contributed by atoms with E-state index in [-0.39, 0.29) is 17.6 Å². The molecule has 2 rings (SSSR count). The van der Waals surface area contributed by atoms with Crippen molar-refractivity contribution in [2.75, 3.05) is 12.3 Å². The summed E-state index contributed by atoms with van der Waals surface area (Å²) in [6.45, 7) is 4.57. The van der Waals surface area contributed by atoms with Gasteiger partial charge in [0.15, 0.2) is 0 Å². The second-order valence-corrected chi connectivity index (χ2v) is 8.05. The molecule has 1 N–H and O–H groups in total. The molecule has 2 aromatic rings. The van der Waals surface area contributed by atoms with Crippen LogP contribution in [0.4, 0.5) is 0 Å². The molecule has 0 radical (unpaired) electrons. The van der Waals surface area contributed by atoms with Crippen molar-refractivity contribution < 1.29 is 9.59 Å². The van der Waals surface area contributed by atoms with Crippen molar-refractivity contribution in [1.29, 1.82) is 0 Å². The topological polar surface area (TPSA) is 49.4 Å². The summed E-state index contributed by atoms with van der Waals surface area (Å²) in [6, 6.07) is 14.4. The van der Waals surface area contributed by atoms with Gasteiger partial charge in [-0.1, -0.05) is 54.4 Å². The number of carbonyl (C=O) groups excluding carboxylic acids is 2. The van der Waals surface area contributed by atoms with Crippen molar-refractivity contribution >= 4 is 46.8 Å². The fourth-order valence-corrected chi connectivity index (χ4v) is 3.92. The number of carbonyl (C=O) groups is 2. The van der Waals surface area contributed by atoms with E-state index >= 15 is 0 Å². The first kappa shape index (κ1) is 22.6. The molecule has 0 fully saturated rings. The van der Waals surface area contributed by atoms with Crippen molar-refractivity contribution in [3.8, 4) is 0 Å². The van der Waals surface area contributed by atoms with Crippen LogP contribution in [0.25, 0.3) is 0 Å². The van der Waals surface area contributed by atoms with Crippen LogP contribution in [0.5, 0.6) is 0 Å². The minimum Gasteiger partial charge on any atom is -0.355 e. The van der Waals surface area contributed by atoms with E-state index in [1.807, 2.05) is 50.2 Å². The monoisotopic (exact) mass is 438 g/mol. The SMILES string of the molecule is CCNC(=O)[C@H](CC)N(Cc1ccc(Cl)c(Cl)c1)C(=O)CSc1ccccc1. The number of rotatable bonds is 9. The molecule has 150 valence electrons. The van der Waals surface area contributed by atoms with Crippen molar-refractivity contribution in [3.05, 3.63) is 64.1 Å². The van der Waals surface area contributed by atoms with E-state index in [1.54, 1.807) is 17.0 Å². The number of amides is 2. The molecule has 0 aliphatic rings. The maximum atomic E-state index is 13.0. The summed E-state index contributed by atoms with van der Waals surface area (Å²) in [5.74, 6) is 0.00230. The third kappa shape index (κ3) is 6.43. The second kappa shape index (κ2) is 11.3. The zero-order valence-corrected chi connectivity index (χ0v) is 18.3. The molecular formula is C21H24Cl2N2O2S. The van der Waals surface area contributed by atoms with Crippen LogP contribution >= 0.6 is 35.0 Å². The highest BCUT2D eigenvalue weighted by atomic mass is 35.5. The lowest BCUT2D eigenvalue weighted by molar-refractivity contribution is -0.139. The average molecular weight is 439 g/mol. The van der Waals surface area contributed by atoms with Gasteiger partial charge in [-0.3, -0.25) is 9.59 Å². The highest BCUT2D eigenvalue weighted by Gasteiger charge is 2.28. The minimum atomic E-state index is -0.543. The lowest BCUT2D eigenvalue weighted by Gasteiger charge is -2.30. The molecule has 0 unspecified atom stereocenters. The normalized spacial score (nSPS) is 11.7. The Balaban J connectivity index is 2.21. The third-order valence-electron chi connectivity index (χ3n) is 4.18. The van der Waals surface area contributed by atoms with Crippen LogP contribution in [-0.4, -0.2) is 35.1 Å². The Morgan fingerprint density at radius 3 is 2.39 bits per heavy atom. The molecule has 0 saturated heterocycles. The Hall–Kier alpha value is -1.69. The first-order valence-corrected chi connectivity index (χ1v) is 10.9. The molecule has 0 bridgehead atoms. The van der Waals surface area contributed by atoms with Crippen LogP contribution in [-0.2, 0) is 16.1 Å². The molecule has 28 heavy (non-hydrogen) atoms. The van der Waals surface area contributed by atoms with E-state index in [1.165, 1.54) is 11.8 Å². The van der Waals surface area contributed by atoms with Crippen LogP contribution in [0.3, 0.4) is 0 Å². The molecule has 7 heteroatoms. The van der Waals surface area contributed by atoms with Crippen molar-refractivity contribution in [2.24, 2.45) is 0 Å². The van der Waals surface area contributed by atoms with Crippen LogP contribution in [0.2, 0.25) is 10.0 Å². The average Bonchev–Trinajstić information content (AvgIpc) is 2.69. The predicted molar refractivity (Wildman–Crippen MR) is 117 cm³/mol. The fraction of sp³-hybridized carbons (Fsp3) is 0.333. The maximum absolute atomic E-state index is 13.0. The van der Waals surface area contributed by atoms with E-state index in [4.69, 9.17) is 23.2 Å². The van der Waals surface area contributed by atoms with Gasteiger partial charge in [0, 0.05) is 18.0 Å². The molecule has 1 atom stereocenters. The van der Waals surface area contributed by atoms with Gasteiger partial charge in [-0.05, 0) is 43.2 Å². The van der Waals surface area contributed by atoms with Gasteiger partial charge in [-0.2, -0.15) is 0 Å². The lowest BCUT2D eigenvalue weighted by atomic mass is 10.1. The quantitative estimate of drug-likeness (QED) is 0.558. The van der Waals surface area contributed by atoms with Crippen LogP contribution in [0.15, 0.2) is 53.4 Å². The van der Waals surface area contributed by atoms with Crippen molar-refractivity contribution in [1.82, 2.24) is 10.2 Å².